The van der Waals surface area contributed by atoms with Crippen molar-refractivity contribution in [1.82, 2.24) is 10.2 Å². The molecule has 1 saturated carbocycles. The van der Waals surface area contributed by atoms with Crippen LogP contribution >= 0.6 is 0 Å². The quantitative estimate of drug-likeness (QED) is 0.591. The molecule has 7 nitrogen and oxygen atoms in total. The molecule has 3 rings (SSSR count). The maximum atomic E-state index is 12.9. The van der Waals surface area contributed by atoms with E-state index in [1.165, 1.54) is 0 Å². The standard InChI is InChI=1S/C19H25F3N4O3/c1-13(18(27)23-15-4-2-3-5-15)24-8-10-25(11-9-24)16-7-6-14(19(20,21)22)12-17(16)26(28)29/h6-7,12-13,15H,2-5,8-11H2,1H3,(H,23,27)/t13-/m0/s1. The van der Waals surface area contributed by atoms with Crippen LogP contribution in [0, 0.1) is 10.1 Å². The van der Waals surface area contributed by atoms with Gasteiger partial charge in [0.1, 0.15) is 5.69 Å². The van der Waals surface area contributed by atoms with E-state index in [4.69, 9.17) is 0 Å². The largest absolute Gasteiger partial charge is 0.416 e. The number of nitro benzene ring substituents is 1. The van der Waals surface area contributed by atoms with Crippen molar-refractivity contribution in [2.24, 2.45) is 0 Å². The van der Waals surface area contributed by atoms with Crippen molar-refractivity contribution in [3.8, 4) is 0 Å². The highest BCUT2D eigenvalue weighted by molar-refractivity contribution is 5.81. The fraction of sp³-hybridized carbons (Fsp3) is 0.632. The zero-order chi connectivity index (χ0) is 21.2. The minimum Gasteiger partial charge on any atom is -0.363 e. The summed E-state index contributed by atoms with van der Waals surface area (Å²) in [6, 6.07) is 2.53. The Bertz CT molecular complexity index is 758. The van der Waals surface area contributed by atoms with Gasteiger partial charge in [0.25, 0.3) is 5.69 Å². The number of benzene rings is 1. The number of hydrogen-bond acceptors (Lipinski definition) is 5. The summed E-state index contributed by atoms with van der Waals surface area (Å²) in [7, 11) is 0. The first-order valence-corrected chi connectivity index (χ1v) is 9.82. The third-order valence-electron chi connectivity index (χ3n) is 5.78. The Morgan fingerprint density at radius 3 is 2.38 bits per heavy atom. The van der Waals surface area contributed by atoms with E-state index in [9.17, 15) is 28.1 Å². The van der Waals surface area contributed by atoms with Crippen molar-refractivity contribution in [3.63, 3.8) is 0 Å². The van der Waals surface area contributed by atoms with Crippen molar-refractivity contribution in [3.05, 3.63) is 33.9 Å². The predicted octanol–water partition coefficient (Wildman–Crippen LogP) is 3.18. The van der Waals surface area contributed by atoms with Crippen molar-refractivity contribution in [2.75, 3.05) is 31.1 Å². The number of carbonyl (C=O) groups excluding carboxylic acids is 1. The highest BCUT2D eigenvalue weighted by Gasteiger charge is 2.35. The van der Waals surface area contributed by atoms with Gasteiger partial charge in [-0.05, 0) is 31.9 Å². The van der Waals surface area contributed by atoms with Crippen LogP contribution in [0.1, 0.15) is 38.2 Å². The number of carbonyl (C=O) groups is 1. The van der Waals surface area contributed by atoms with Gasteiger partial charge in [0.05, 0.1) is 16.5 Å². The number of nitro groups is 1. The maximum Gasteiger partial charge on any atom is 0.416 e. The first-order valence-electron chi connectivity index (χ1n) is 9.82. The maximum absolute atomic E-state index is 12.9. The molecule has 160 valence electrons. The second kappa shape index (κ2) is 8.56. The molecule has 0 aromatic heterocycles. The van der Waals surface area contributed by atoms with Crippen LogP contribution in [0.3, 0.4) is 0 Å². The normalized spacial score (nSPS) is 19.9. The van der Waals surface area contributed by atoms with Crippen molar-refractivity contribution in [2.45, 2.75) is 50.9 Å². The van der Waals surface area contributed by atoms with Gasteiger partial charge >= 0.3 is 6.18 Å². The van der Waals surface area contributed by atoms with E-state index in [2.05, 4.69) is 5.32 Å². The smallest absolute Gasteiger partial charge is 0.363 e. The molecule has 1 aliphatic heterocycles. The fourth-order valence-corrected chi connectivity index (χ4v) is 4.02. The highest BCUT2D eigenvalue weighted by Crippen LogP contribution is 2.36. The van der Waals surface area contributed by atoms with Gasteiger partial charge in [-0.2, -0.15) is 13.2 Å². The lowest BCUT2D eigenvalue weighted by atomic mass is 10.1. The summed E-state index contributed by atoms with van der Waals surface area (Å²) >= 11 is 0. The molecule has 1 heterocycles. The molecular formula is C19H25F3N4O3. The van der Waals surface area contributed by atoms with E-state index in [0.29, 0.717) is 32.2 Å². The van der Waals surface area contributed by atoms with E-state index in [1.807, 2.05) is 11.8 Å². The van der Waals surface area contributed by atoms with Crippen LogP contribution in [0.25, 0.3) is 0 Å². The van der Waals surface area contributed by atoms with Gasteiger partial charge < -0.3 is 10.2 Å². The number of hydrogen-bond donors (Lipinski definition) is 1. The molecule has 2 fully saturated rings. The number of rotatable bonds is 5. The molecule has 0 bridgehead atoms. The van der Waals surface area contributed by atoms with Crippen molar-refractivity contribution in [1.29, 1.82) is 0 Å². The van der Waals surface area contributed by atoms with Gasteiger partial charge in [0, 0.05) is 38.3 Å². The zero-order valence-electron chi connectivity index (χ0n) is 16.2. The SMILES string of the molecule is C[C@@H](C(=O)NC1CCCC1)N1CCN(c2ccc(C(F)(F)F)cc2[N+](=O)[O-])CC1. The Morgan fingerprint density at radius 1 is 1.21 bits per heavy atom. The summed E-state index contributed by atoms with van der Waals surface area (Å²) in [5.74, 6) is -0.0224. The number of alkyl halides is 3. The van der Waals surface area contributed by atoms with Gasteiger partial charge in [-0.15, -0.1) is 0 Å². The molecule has 1 N–H and O–H groups in total. The van der Waals surface area contributed by atoms with Gasteiger partial charge in [0.2, 0.25) is 5.91 Å². The van der Waals surface area contributed by atoms with Crippen LogP contribution < -0.4 is 10.2 Å². The van der Waals surface area contributed by atoms with Gasteiger partial charge in [-0.25, -0.2) is 0 Å². The number of anilines is 1. The lowest BCUT2D eigenvalue weighted by molar-refractivity contribution is -0.384. The predicted molar refractivity (Wildman–Crippen MR) is 102 cm³/mol. The first-order chi connectivity index (χ1) is 13.7. The van der Waals surface area contributed by atoms with Crippen LogP contribution in [0.5, 0.6) is 0 Å². The summed E-state index contributed by atoms with van der Waals surface area (Å²) in [6.07, 6.45) is -0.369. The van der Waals surface area contributed by atoms with Crippen LogP contribution in [0.4, 0.5) is 24.5 Å². The number of nitrogens with zero attached hydrogens (tertiary/aromatic N) is 3. The topological polar surface area (TPSA) is 78.7 Å². The van der Waals surface area contributed by atoms with E-state index < -0.39 is 22.4 Å². The molecule has 0 unspecified atom stereocenters. The van der Waals surface area contributed by atoms with Crippen molar-refractivity contribution >= 4 is 17.3 Å². The van der Waals surface area contributed by atoms with Gasteiger partial charge in [-0.3, -0.25) is 19.8 Å². The molecule has 1 amide bonds. The summed E-state index contributed by atoms with van der Waals surface area (Å²) < 4.78 is 38.7. The lowest BCUT2D eigenvalue weighted by Gasteiger charge is -2.38. The fourth-order valence-electron chi connectivity index (χ4n) is 4.02. The van der Waals surface area contributed by atoms with Gasteiger partial charge in [-0.1, -0.05) is 12.8 Å². The minimum atomic E-state index is -4.63. The molecule has 0 radical (unpaired) electrons. The Hall–Kier alpha value is -2.36. The van der Waals surface area contributed by atoms with E-state index >= 15 is 0 Å². The molecule has 1 aliphatic carbocycles. The summed E-state index contributed by atoms with van der Waals surface area (Å²) in [5.41, 5.74) is -1.42. The van der Waals surface area contributed by atoms with E-state index in [1.54, 1.807) is 4.90 Å². The van der Waals surface area contributed by atoms with Crippen LogP contribution in [0.15, 0.2) is 18.2 Å². The average Bonchev–Trinajstić information content (AvgIpc) is 3.19. The number of piperazine rings is 1. The second-order valence-corrected chi connectivity index (χ2v) is 7.65. The number of nitrogens with one attached hydrogen (secondary N) is 1. The Kier molecular flexibility index (Phi) is 6.30. The minimum absolute atomic E-state index is 0.0224. The highest BCUT2D eigenvalue weighted by atomic mass is 19.4. The third kappa shape index (κ3) is 4.98. The molecule has 1 aromatic carbocycles. The molecule has 1 saturated heterocycles. The monoisotopic (exact) mass is 414 g/mol. The zero-order valence-corrected chi connectivity index (χ0v) is 16.2. The molecule has 1 atom stereocenters. The van der Waals surface area contributed by atoms with E-state index in [-0.39, 0.29) is 23.7 Å². The molecule has 0 spiro atoms. The van der Waals surface area contributed by atoms with Crippen LogP contribution in [-0.2, 0) is 11.0 Å². The molecule has 29 heavy (non-hydrogen) atoms. The average molecular weight is 414 g/mol. The molecule has 10 heteroatoms. The summed E-state index contributed by atoms with van der Waals surface area (Å²) in [4.78, 5) is 26.7. The summed E-state index contributed by atoms with van der Waals surface area (Å²) in [5, 5.41) is 14.4. The molecular weight excluding hydrogens is 389 g/mol. The van der Waals surface area contributed by atoms with Crippen LogP contribution in [-0.4, -0.2) is 54.0 Å². The number of amides is 1. The Morgan fingerprint density at radius 2 is 1.83 bits per heavy atom. The van der Waals surface area contributed by atoms with Crippen LogP contribution in [0.2, 0.25) is 0 Å². The lowest BCUT2D eigenvalue weighted by Crippen LogP contribution is -2.55. The molecule has 2 aliphatic rings. The Labute approximate surface area is 167 Å². The van der Waals surface area contributed by atoms with Gasteiger partial charge in [0.15, 0.2) is 0 Å². The third-order valence-corrected chi connectivity index (χ3v) is 5.78. The number of halogens is 3. The first kappa shape index (κ1) is 21.4. The second-order valence-electron chi connectivity index (χ2n) is 7.65. The van der Waals surface area contributed by atoms with Crippen molar-refractivity contribution < 1.29 is 22.9 Å². The summed E-state index contributed by atoms with van der Waals surface area (Å²) in [6.45, 7) is 3.62. The molecule has 1 aromatic rings. The Balaban J connectivity index is 1.64. The van der Waals surface area contributed by atoms with E-state index in [0.717, 1.165) is 37.8 Å².